The van der Waals surface area contributed by atoms with Gasteiger partial charge in [-0.3, -0.25) is 4.79 Å². The van der Waals surface area contributed by atoms with Crippen LogP contribution in [-0.4, -0.2) is 62.7 Å². The van der Waals surface area contributed by atoms with E-state index in [1.807, 2.05) is 18.0 Å². The quantitative estimate of drug-likeness (QED) is 0.538. The zero-order valence-corrected chi connectivity index (χ0v) is 19.7. The van der Waals surface area contributed by atoms with Crippen molar-refractivity contribution < 1.29 is 14.7 Å². The van der Waals surface area contributed by atoms with Crippen LogP contribution < -0.4 is 10.6 Å². The number of nitrogens with two attached hydrogens (primary N) is 1. The van der Waals surface area contributed by atoms with Gasteiger partial charge < -0.3 is 20.6 Å². The van der Waals surface area contributed by atoms with E-state index >= 15 is 0 Å². The highest BCUT2D eigenvalue weighted by molar-refractivity contribution is 5.94. The number of rotatable bonds is 4. The van der Waals surface area contributed by atoms with E-state index in [1.54, 1.807) is 35.2 Å². The summed E-state index contributed by atoms with van der Waals surface area (Å²) in [4.78, 5) is 37.2. The van der Waals surface area contributed by atoms with Crippen molar-refractivity contribution >= 4 is 46.9 Å². The molecule has 10 nitrogen and oxygen atoms in total. The fourth-order valence-corrected chi connectivity index (χ4v) is 4.30. The summed E-state index contributed by atoms with van der Waals surface area (Å²) in [7, 11) is 1.89. The average Bonchev–Trinajstić information content (AvgIpc) is 3.23. The van der Waals surface area contributed by atoms with Crippen molar-refractivity contribution in [1.82, 2.24) is 19.4 Å². The van der Waals surface area contributed by atoms with Crippen LogP contribution in [0.3, 0.4) is 0 Å². The molecular weight excluding hydrogens is 458 g/mol. The van der Waals surface area contributed by atoms with Crippen molar-refractivity contribution in [3.05, 3.63) is 36.5 Å². The molecule has 0 aliphatic carbocycles. The van der Waals surface area contributed by atoms with E-state index in [0.29, 0.717) is 41.4 Å². The Balaban J connectivity index is 0.00000324. The number of hydrogen-bond donors (Lipinski definition) is 2. The number of likely N-dealkylation sites (N-methyl/N-ethyl adjacent to an activating group) is 1. The third-order valence-corrected chi connectivity index (χ3v) is 6.23. The summed E-state index contributed by atoms with van der Waals surface area (Å²) in [5.74, 6) is 1.03. The Morgan fingerprint density at radius 2 is 1.97 bits per heavy atom. The monoisotopic (exact) mass is 483 g/mol. The minimum absolute atomic E-state index is 0. The zero-order valence-electron chi connectivity index (χ0n) is 18.9. The second-order valence-corrected chi connectivity index (χ2v) is 8.32. The summed E-state index contributed by atoms with van der Waals surface area (Å²) in [6, 6.07) is 10.6. The van der Waals surface area contributed by atoms with Gasteiger partial charge in [-0.05, 0) is 42.7 Å². The molecule has 2 aromatic heterocycles. The summed E-state index contributed by atoms with van der Waals surface area (Å²) >= 11 is 0. The van der Waals surface area contributed by atoms with Gasteiger partial charge in [-0.15, -0.1) is 12.4 Å². The van der Waals surface area contributed by atoms with Crippen molar-refractivity contribution in [2.75, 3.05) is 30.8 Å². The molecule has 1 fully saturated rings. The molecular formula is C23H26ClN7O3. The van der Waals surface area contributed by atoms with E-state index < -0.39 is 6.09 Å². The van der Waals surface area contributed by atoms with Crippen LogP contribution in [0.15, 0.2) is 36.5 Å². The number of aromatic nitrogens is 3. The number of carbonyl (C=O) groups excluding carboxylic acids is 1. The van der Waals surface area contributed by atoms with Crippen LogP contribution in [0, 0.1) is 17.2 Å². The van der Waals surface area contributed by atoms with Gasteiger partial charge in [0.15, 0.2) is 11.5 Å². The molecule has 3 N–H and O–H groups in total. The van der Waals surface area contributed by atoms with Gasteiger partial charge >= 0.3 is 6.09 Å². The van der Waals surface area contributed by atoms with E-state index in [2.05, 4.69) is 11.9 Å². The number of piperidine rings is 1. The SMILES string of the molecule is C[C@@H]1CCN(C(=O)CC#N)C[C@@H]1N(C)c1nc(-c2ccc(N)cc2)nc2c1ccn2C(=O)O.Cl. The lowest BCUT2D eigenvalue weighted by atomic mass is 9.92. The van der Waals surface area contributed by atoms with Gasteiger partial charge in [0.2, 0.25) is 5.91 Å². The molecule has 1 amide bonds. The van der Waals surface area contributed by atoms with Crippen LogP contribution in [0.1, 0.15) is 19.8 Å². The molecule has 4 rings (SSSR count). The minimum Gasteiger partial charge on any atom is -0.464 e. The first-order valence-corrected chi connectivity index (χ1v) is 10.7. The highest BCUT2D eigenvalue weighted by atomic mass is 35.5. The van der Waals surface area contributed by atoms with E-state index in [9.17, 15) is 14.7 Å². The number of amides is 1. The van der Waals surface area contributed by atoms with E-state index in [0.717, 1.165) is 11.0 Å². The Morgan fingerprint density at radius 1 is 1.26 bits per heavy atom. The first kappa shape index (κ1) is 24.8. The fourth-order valence-electron chi connectivity index (χ4n) is 4.30. The summed E-state index contributed by atoms with van der Waals surface area (Å²) in [6.07, 6.45) is 0.964. The number of fused-ring (bicyclic) bond motifs is 1. The minimum atomic E-state index is -1.14. The van der Waals surface area contributed by atoms with Crippen molar-refractivity contribution in [3.8, 4) is 17.5 Å². The maximum atomic E-state index is 12.3. The predicted molar refractivity (Wildman–Crippen MR) is 131 cm³/mol. The smallest absolute Gasteiger partial charge is 0.417 e. The number of nitriles is 1. The van der Waals surface area contributed by atoms with Crippen LogP contribution in [-0.2, 0) is 4.79 Å². The van der Waals surface area contributed by atoms with Crippen LogP contribution in [0.5, 0.6) is 0 Å². The molecule has 11 heteroatoms. The lowest BCUT2D eigenvalue weighted by Gasteiger charge is -2.42. The lowest BCUT2D eigenvalue weighted by molar-refractivity contribution is -0.131. The number of anilines is 2. The van der Waals surface area contributed by atoms with Gasteiger partial charge in [0.1, 0.15) is 12.2 Å². The molecule has 2 atom stereocenters. The highest BCUT2D eigenvalue weighted by Crippen LogP contribution is 2.32. The van der Waals surface area contributed by atoms with E-state index in [-0.39, 0.29) is 42.3 Å². The molecule has 1 aliphatic heterocycles. The van der Waals surface area contributed by atoms with Gasteiger partial charge in [0.05, 0.1) is 17.5 Å². The van der Waals surface area contributed by atoms with E-state index in [1.165, 1.54) is 6.20 Å². The first-order valence-electron chi connectivity index (χ1n) is 10.7. The van der Waals surface area contributed by atoms with Gasteiger partial charge in [-0.2, -0.15) is 5.26 Å². The van der Waals surface area contributed by atoms with Crippen molar-refractivity contribution in [1.29, 1.82) is 5.26 Å². The average molecular weight is 484 g/mol. The molecule has 34 heavy (non-hydrogen) atoms. The molecule has 0 unspecified atom stereocenters. The molecule has 1 saturated heterocycles. The second kappa shape index (κ2) is 9.97. The maximum Gasteiger partial charge on any atom is 0.417 e. The molecule has 1 aromatic carbocycles. The van der Waals surface area contributed by atoms with E-state index in [4.69, 9.17) is 16.0 Å². The molecule has 178 valence electrons. The maximum absolute atomic E-state index is 12.3. The second-order valence-electron chi connectivity index (χ2n) is 8.32. The number of nitrogen functional groups attached to an aromatic ring is 1. The predicted octanol–water partition coefficient (Wildman–Crippen LogP) is 3.22. The summed E-state index contributed by atoms with van der Waals surface area (Å²) < 4.78 is 1.07. The summed E-state index contributed by atoms with van der Waals surface area (Å²) in [6.45, 7) is 3.19. The molecule has 1 aliphatic rings. The molecule has 0 radical (unpaired) electrons. The molecule has 0 spiro atoms. The van der Waals surface area contributed by atoms with Crippen LogP contribution in [0.25, 0.3) is 22.4 Å². The Labute approximate surface area is 203 Å². The normalized spacial score (nSPS) is 17.6. The Bertz CT molecular complexity index is 1250. The van der Waals surface area contributed by atoms with Gasteiger partial charge in [-0.1, -0.05) is 6.92 Å². The molecule has 3 aromatic rings. The van der Waals surface area contributed by atoms with Gasteiger partial charge in [-0.25, -0.2) is 19.3 Å². The third kappa shape index (κ3) is 4.61. The number of hydrogen-bond acceptors (Lipinski definition) is 7. The van der Waals surface area contributed by atoms with Crippen LogP contribution in [0.4, 0.5) is 16.3 Å². The third-order valence-electron chi connectivity index (χ3n) is 6.23. The molecule has 3 heterocycles. The molecule has 0 saturated carbocycles. The Morgan fingerprint density at radius 3 is 2.62 bits per heavy atom. The zero-order chi connectivity index (χ0) is 23.7. The number of benzene rings is 1. The Hall–Kier alpha value is -3.84. The van der Waals surface area contributed by atoms with Crippen molar-refractivity contribution in [2.24, 2.45) is 5.92 Å². The number of carbonyl (C=O) groups is 2. The number of halogens is 1. The van der Waals surface area contributed by atoms with Crippen LogP contribution >= 0.6 is 12.4 Å². The number of likely N-dealkylation sites (tertiary alicyclic amines) is 1. The topological polar surface area (TPSA) is 141 Å². The largest absolute Gasteiger partial charge is 0.464 e. The standard InChI is InChI=1S/C23H25N7O3.ClH/c1-14-8-11-29(19(31)7-10-24)13-18(14)28(2)21-17-9-12-30(23(32)33)22(17)27-20(26-21)15-3-5-16(25)6-4-15;/h3-6,9,12,14,18H,7-8,11,13,25H2,1-2H3,(H,32,33);1H/t14-,18+;/m1./s1. The summed E-state index contributed by atoms with van der Waals surface area (Å²) in [5, 5.41) is 19.2. The number of nitrogens with zero attached hydrogens (tertiary/aromatic N) is 6. The van der Waals surface area contributed by atoms with Gasteiger partial charge in [0, 0.05) is 37.6 Å². The van der Waals surface area contributed by atoms with Gasteiger partial charge in [0.25, 0.3) is 0 Å². The molecule has 0 bridgehead atoms. The first-order chi connectivity index (χ1) is 15.8. The summed E-state index contributed by atoms with van der Waals surface area (Å²) in [5.41, 5.74) is 7.40. The lowest BCUT2D eigenvalue weighted by Crippen LogP contribution is -2.52. The highest BCUT2D eigenvalue weighted by Gasteiger charge is 2.33. The van der Waals surface area contributed by atoms with Crippen molar-refractivity contribution in [2.45, 2.75) is 25.8 Å². The number of carboxylic acid groups (broad SMARTS) is 1. The fraction of sp³-hybridized carbons (Fsp3) is 0.348. The van der Waals surface area contributed by atoms with Crippen LogP contribution in [0.2, 0.25) is 0 Å². The Kier molecular flexibility index (Phi) is 7.27. The van der Waals surface area contributed by atoms with Crippen molar-refractivity contribution in [3.63, 3.8) is 0 Å².